The van der Waals surface area contributed by atoms with E-state index < -0.39 is 12.1 Å². The molecule has 0 aliphatic carbocycles. The summed E-state index contributed by atoms with van der Waals surface area (Å²) in [5, 5.41) is 23.1. The number of allylic oxidation sites excluding steroid dienone is 7. The molecule has 0 aliphatic heterocycles. The third-order valence-corrected chi connectivity index (χ3v) is 12.8. The summed E-state index contributed by atoms with van der Waals surface area (Å²) in [4.78, 5) is 12.4. The van der Waals surface area contributed by atoms with Crippen LogP contribution in [0.1, 0.15) is 296 Å². The van der Waals surface area contributed by atoms with Gasteiger partial charge in [0.25, 0.3) is 0 Å². The van der Waals surface area contributed by atoms with Crippen molar-refractivity contribution in [2.45, 2.75) is 309 Å². The standard InChI is InChI=1S/C58H109NO3/c1-3-5-7-9-11-13-15-17-19-21-23-24-25-26-27-28-29-30-31-32-33-34-36-37-39-41-43-45-47-49-51-53-57(61)56(55-60)59-58(62)54-52-50-48-46-44-42-40-38-35-22-20-18-16-14-12-10-8-6-4-2/h12,14,18,20,35,38,51,53,56-57,60-61H,3-11,13,15-17,19,21-34,36-37,39-50,52,54-55H2,1-2H3,(H,59,62)/b14-12-,20-18-,38-35-,53-51+. The topological polar surface area (TPSA) is 69.6 Å². The Bertz CT molecular complexity index is 985. The van der Waals surface area contributed by atoms with E-state index in [-0.39, 0.29) is 12.5 Å². The normalized spacial score (nSPS) is 13.2. The molecule has 2 atom stereocenters. The smallest absolute Gasteiger partial charge is 0.220 e. The minimum Gasteiger partial charge on any atom is -0.394 e. The van der Waals surface area contributed by atoms with Gasteiger partial charge in [0.2, 0.25) is 5.91 Å². The first kappa shape index (κ1) is 60.4. The molecule has 0 radical (unpaired) electrons. The predicted octanol–water partition coefficient (Wildman–Crippen LogP) is 18.3. The van der Waals surface area contributed by atoms with Crippen molar-refractivity contribution in [2.75, 3.05) is 6.61 Å². The van der Waals surface area contributed by atoms with Gasteiger partial charge in [-0.1, -0.05) is 281 Å². The van der Waals surface area contributed by atoms with Gasteiger partial charge in [0.1, 0.15) is 0 Å². The minimum absolute atomic E-state index is 0.0745. The van der Waals surface area contributed by atoms with Crippen LogP contribution in [0.25, 0.3) is 0 Å². The van der Waals surface area contributed by atoms with Gasteiger partial charge in [0.15, 0.2) is 0 Å². The van der Waals surface area contributed by atoms with Crippen molar-refractivity contribution in [3.8, 4) is 0 Å². The van der Waals surface area contributed by atoms with E-state index in [1.54, 1.807) is 6.08 Å². The summed E-state index contributed by atoms with van der Waals surface area (Å²) in [7, 11) is 0. The monoisotopic (exact) mass is 868 g/mol. The Kier molecular flexibility index (Phi) is 52.3. The van der Waals surface area contributed by atoms with Crippen LogP contribution in [0.5, 0.6) is 0 Å². The molecule has 0 heterocycles. The molecule has 0 aliphatic rings. The Labute approximate surface area is 388 Å². The number of amides is 1. The van der Waals surface area contributed by atoms with Gasteiger partial charge in [-0.3, -0.25) is 4.79 Å². The fourth-order valence-electron chi connectivity index (χ4n) is 8.54. The molecule has 1 amide bonds. The van der Waals surface area contributed by atoms with Gasteiger partial charge in [0, 0.05) is 6.42 Å². The zero-order valence-electron chi connectivity index (χ0n) is 41.9. The van der Waals surface area contributed by atoms with Gasteiger partial charge in [0.05, 0.1) is 18.8 Å². The molecule has 0 aromatic rings. The number of nitrogens with one attached hydrogen (secondary N) is 1. The third kappa shape index (κ3) is 49.4. The molecule has 4 nitrogen and oxygen atoms in total. The fraction of sp³-hybridized carbons (Fsp3) is 0.845. The Morgan fingerprint density at radius 1 is 0.387 bits per heavy atom. The van der Waals surface area contributed by atoms with Crippen molar-refractivity contribution in [3.63, 3.8) is 0 Å². The maximum Gasteiger partial charge on any atom is 0.220 e. The molecule has 3 N–H and O–H groups in total. The SMILES string of the molecule is CCCCC/C=C\C/C=C\C/C=C\CCCCCCCCC(=O)NC(CO)C(O)/C=C/CCCCCCCCCCCCCCCCCCCCCCCCCCCCCCC. The number of hydrogen-bond acceptors (Lipinski definition) is 3. The molecule has 0 fully saturated rings. The van der Waals surface area contributed by atoms with Crippen LogP contribution in [0, 0.1) is 0 Å². The number of carbonyl (C=O) groups excluding carboxylic acids is 1. The highest BCUT2D eigenvalue weighted by Gasteiger charge is 2.18. The zero-order valence-corrected chi connectivity index (χ0v) is 41.9. The van der Waals surface area contributed by atoms with Crippen molar-refractivity contribution in [1.29, 1.82) is 0 Å². The van der Waals surface area contributed by atoms with E-state index in [9.17, 15) is 15.0 Å². The van der Waals surface area contributed by atoms with E-state index in [2.05, 4.69) is 55.6 Å². The molecule has 0 saturated heterocycles. The summed E-state index contributed by atoms with van der Waals surface area (Å²) < 4.78 is 0. The maximum atomic E-state index is 12.4. The number of rotatable bonds is 51. The highest BCUT2D eigenvalue weighted by Crippen LogP contribution is 2.17. The second kappa shape index (κ2) is 53.7. The molecule has 62 heavy (non-hydrogen) atoms. The lowest BCUT2D eigenvalue weighted by atomic mass is 10.0. The van der Waals surface area contributed by atoms with Crippen LogP contribution in [0.15, 0.2) is 48.6 Å². The predicted molar refractivity (Wildman–Crippen MR) is 276 cm³/mol. The van der Waals surface area contributed by atoms with E-state index in [0.717, 1.165) is 51.4 Å². The third-order valence-electron chi connectivity index (χ3n) is 12.8. The number of unbranched alkanes of at least 4 members (excludes halogenated alkanes) is 38. The lowest BCUT2D eigenvalue weighted by Crippen LogP contribution is -2.45. The van der Waals surface area contributed by atoms with Crippen LogP contribution in [-0.4, -0.2) is 34.9 Å². The van der Waals surface area contributed by atoms with Crippen molar-refractivity contribution in [2.24, 2.45) is 0 Å². The molecular formula is C58H109NO3. The van der Waals surface area contributed by atoms with E-state index >= 15 is 0 Å². The number of aliphatic hydroxyl groups is 2. The first-order valence-electron chi connectivity index (χ1n) is 27.9. The van der Waals surface area contributed by atoms with Crippen molar-refractivity contribution in [1.82, 2.24) is 5.32 Å². The van der Waals surface area contributed by atoms with Crippen molar-refractivity contribution in [3.05, 3.63) is 48.6 Å². The van der Waals surface area contributed by atoms with Gasteiger partial charge in [-0.05, 0) is 57.8 Å². The van der Waals surface area contributed by atoms with Crippen molar-refractivity contribution < 1.29 is 15.0 Å². The molecule has 0 aromatic carbocycles. The summed E-state index contributed by atoms with van der Waals surface area (Å²) in [6.07, 6.45) is 74.2. The van der Waals surface area contributed by atoms with Crippen LogP contribution in [0.2, 0.25) is 0 Å². The lowest BCUT2D eigenvalue weighted by molar-refractivity contribution is -0.123. The molecule has 0 spiro atoms. The van der Waals surface area contributed by atoms with Gasteiger partial charge in [-0.25, -0.2) is 0 Å². The van der Waals surface area contributed by atoms with Crippen molar-refractivity contribution >= 4 is 5.91 Å². The Hall–Kier alpha value is -1.65. The van der Waals surface area contributed by atoms with Gasteiger partial charge in [-0.2, -0.15) is 0 Å². The molecule has 0 bridgehead atoms. The average Bonchev–Trinajstić information content (AvgIpc) is 3.28. The quantitative estimate of drug-likeness (QED) is 0.0421. The number of hydrogen-bond donors (Lipinski definition) is 3. The Balaban J connectivity index is 3.49. The highest BCUT2D eigenvalue weighted by atomic mass is 16.3. The van der Waals surface area contributed by atoms with Crippen LogP contribution < -0.4 is 5.32 Å². The highest BCUT2D eigenvalue weighted by molar-refractivity contribution is 5.76. The van der Waals surface area contributed by atoms with E-state index in [4.69, 9.17) is 0 Å². The first-order valence-corrected chi connectivity index (χ1v) is 27.9. The molecule has 364 valence electrons. The second-order valence-electron chi connectivity index (χ2n) is 19.0. The minimum atomic E-state index is -0.847. The van der Waals surface area contributed by atoms with Gasteiger partial charge in [-0.15, -0.1) is 0 Å². The molecule has 0 rings (SSSR count). The van der Waals surface area contributed by atoms with Gasteiger partial charge >= 0.3 is 0 Å². The number of aliphatic hydroxyl groups excluding tert-OH is 2. The largest absolute Gasteiger partial charge is 0.394 e. The Morgan fingerprint density at radius 3 is 1.02 bits per heavy atom. The summed E-state index contributed by atoms with van der Waals surface area (Å²) in [5.74, 6) is -0.0745. The van der Waals surface area contributed by atoms with Crippen LogP contribution in [0.4, 0.5) is 0 Å². The summed E-state index contributed by atoms with van der Waals surface area (Å²) >= 11 is 0. The first-order chi connectivity index (χ1) is 30.7. The molecule has 4 heteroatoms. The molecule has 0 aromatic heterocycles. The average molecular weight is 869 g/mol. The van der Waals surface area contributed by atoms with E-state index in [0.29, 0.717) is 6.42 Å². The molecular weight excluding hydrogens is 759 g/mol. The lowest BCUT2D eigenvalue weighted by Gasteiger charge is -2.20. The summed E-state index contributed by atoms with van der Waals surface area (Å²) in [6, 6.07) is -0.631. The van der Waals surface area contributed by atoms with Crippen LogP contribution >= 0.6 is 0 Å². The van der Waals surface area contributed by atoms with Gasteiger partial charge < -0.3 is 15.5 Å². The molecule has 2 unspecified atom stereocenters. The Morgan fingerprint density at radius 2 is 0.661 bits per heavy atom. The van der Waals surface area contributed by atoms with Crippen LogP contribution in [-0.2, 0) is 4.79 Å². The fourth-order valence-corrected chi connectivity index (χ4v) is 8.54. The second-order valence-corrected chi connectivity index (χ2v) is 19.0. The maximum absolute atomic E-state index is 12.4. The van der Waals surface area contributed by atoms with E-state index in [1.165, 1.54) is 225 Å². The summed E-state index contributed by atoms with van der Waals surface area (Å²) in [6.45, 7) is 4.30. The zero-order chi connectivity index (χ0) is 44.9. The van der Waals surface area contributed by atoms with Crippen LogP contribution in [0.3, 0.4) is 0 Å². The molecule has 0 saturated carbocycles. The summed E-state index contributed by atoms with van der Waals surface area (Å²) in [5.41, 5.74) is 0. The van der Waals surface area contributed by atoms with E-state index in [1.807, 2.05) is 6.08 Å². The number of carbonyl (C=O) groups is 1.